The molecule has 2 N–H and O–H groups in total. The van der Waals surface area contributed by atoms with Crippen molar-refractivity contribution in [1.29, 1.82) is 0 Å². The summed E-state index contributed by atoms with van der Waals surface area (Å²) in [6.45, 7) is 2.49. The third-order valence-corrected chi connectivity index (χ3v) is 4.58. The van der Waals surface area contributed by atoms with E-state index in [0.717, 1.165) is 22.4 Å². The van der Waals surface area contributed by atoms with Gasteiger partial charge in [0, 0.05) is 18.1 Å². The SMILES string of the molecule is CC(=O)N1Cc2[nH]nc(NC(=O)c3ccc(-c4ccccc4)cc3)c2C1. The average Bonchev–Trinajstić information content (AvgIpc) is 3.25. The van der Waals surface area contributed by atoms with Gasteiger partial charge in [-0.05, 0) is 23.3 Å². The molecule has 0 atom stereocenters. The minimum atomic E-state index is -0.222. The average molecular weight is 346 g/mol. The van der Waals surface area contributed by atoms with Crippen molar-refractivity contribution in [1.82, 2.24) is 15.1 Å². The molecule has 2 aromatic carbocycles. The van der Waals surface area contributed by atoms with Gasteiger partial charge in [-0.3, -0.25) is 14.7 Å². The van der Waals surface area contributed by atoms with Crippen molar-refractivity contribution in [2.24, 2.45) is 0 Å². The van der Waals surface area contributed by atoms with E-state index in [1.54, 1.807) is 17.0 Å². The predicted molar refractivity (Wildman–Crippen MR) is 98.3 cm³/mol. The summed E-state index contributed by atoms with van der Waals surface area (Å²) in [5.41, 5.74) is 4.46. The van der Waals surface area contributed by atoms with Gasteiger partial charge in [-0.2, -0.15) is 5.10 Å². The van der Waals surface area contributed by atoms with Crippen LogP contribution in [0.25, 0.3) is 11.1 Å². The van der Waals surface area contributed by atoms with Gasteiger partial charge in [-0.25, -0.2) is 0 Å². The van der Waals surface area contributed by atoms with Crippen LogP contribution in [0.2, 0.25) is 0 Å². The highest BCUT2D eigenvalue weighted by molar-refractivity contribution is 6.04. The van der Waals surface area contributed by atoms with E-state index in [2.05, 4.69) is 15.5 Å². The number of benzene rings is 2. The highest BCUT2D eigenvalue weighted by Gasteiger charge is 2.27. The molecule has 0 spiro atoms. The van der Waals surface area contributed by atoms with Crippen molar-refractivity contribution in [2.45, 2.75) is 20.0 Å². The van der Waals surface area contributed by atoms with Crippen LogP contribution in [0.3, 0.4) is 0 Å². The summed E-state index contributed by atoms with van der Waals surface area (Å²) >= 11 is 0. The fourth-order valence-corrected chi connectivity index (χ4v) is 3.09. The molecule has 0 saturated heterocycles. The van der Waals surface area contributed by atoms with Gasteiger partial charge in [0.05, 0.1) is 18.8 Å². The normalized spacial score (nSPS) is 12.7. The number of nitrogens with zero attached hydrogens (tertiary/aromatic N) is 2. The number of rotatable bonds is 3. The first kappa shape index (κ1) is 16.1. The molecule has 2 amide bonds. The molecule has 0 aliphatic carbocycles. The number of anilines is 1. The predicted octanol–water partition coefficient (Wildman–Crippen LogP) is 3.19. The van der Waals surface area contributed by atoms with Gasteiger partial charge < -0.3 is 10.2 Å². The lowest BCUT2D eigenvalue weighted by Crippen LogP contribution is -2.23. The molecule has 4 rings (SSSR count). The van der Waals surface area contributed by atoms with Crippen LogP contribution in [0.5, 0.6) is 0 Å². The van der Waals surface area contributed by atoms with Crippen LogP contribution in [0.1, 0.15) is 28.5 Å². The van der Waals surface area contributed by atoms with Crippen LogP contribution in [0, 0.1) is 0 Å². The number of amides is 2. The Morgan fingerprint density at radius 1 is 1.00 bits per heavy atom. The molecule has 0 radical (unpaired) electrons. The Hall–Kier alpha value is -3.41. The van der Waals surface area contributed by atoms with Crippen molar-refractivity contribution in [3.63, 3.8) is 0 Å². The highest BCUT2D eigenvalue weighted by atomic mass is 16.2. The Labute approximate surface area is 150 Å². The minimum Gasteiger partial charge on any atom is -0.333 e. The standard InChI is InChI=1S/C20H18N4O2/c1-13(25)24-11-17-18(12-24)22-23-19(17)21-20(26)16-9-7-15(8-10-16)14-5-3-2-4-6-14/h2-10H,11-12H2,1H3,(H2,21,22,23,26). The smallest absolute Gasteiger partial charge is 0.256 e. The van der Waals surface area contributed by atoms with E-state index in [-0.39, 0.29) is 11.8 Å². The van der Waals surface area contributed by atoms with E-state index >= 15 is 0 Å². The Kier molecular flexibility index (Phi) is 4.01. The molecule has 1 aromatic heterocycles. The molecule has 6 nitrogen and oxygen atoms in total. The number of hydrogen-bond donors (Lipinski definition) is 2. The summed E-state index contributed by atoms with van der Waals surface area (Å²) in [6.07, 6.45) is 0. The van der Waals surface area contributed by atoms with Gasteiger partial charge >= 0.3 is 0 Å². The van der Waals surface area contributed by atoms with Crippen molar-refractivity contribution < 1.29 is 9.59 Å². The van der Waals surface area contributed by atoms with Crippen molar-refractivity contribution in [3.05, 3.63) is 71.4 Å². The number of carbonyl (C=O) groups is 2. The van der Waals surface area contributed by atoms with Gasteiger partial charge in [0.15, 0.2) is 5.82 Å². The molecular formula is C20H18N4O2. The molecule has 1 aliphatic rings. The third-order valence-electron chi connectivity index (χ3n) is 4.58. The van der Waals surface area contributed by atoms with Crippen LogP contribution in [0.4, 0.5) is 5.82 Å². The number of fused-ring (bicyclic) bond motifs is 1. The van der Waals surface area contributed by atoms with E-state index in [1.807, 2.05) is 42.5 Å². The minimum absolute atomic E-state index is 0.00313. The number of nitrogens with one attached hydrogen (secondary N) is 2. The zero-order valence-corrected chi connectivity index (χ0v) is 14.3. The first-order valence-corrected chi connectivity index (χ1v) is 8.40. The van der Waals surface area contributed by atoms with Gasteiger partial charge in [0.1, 0.15) is 0 Å². The quantitative estimate of drug-likeness (QED) is 0.764. The highest BCUT2D eigenvalue weighted by Crippen LogP contribution is 2.27. The molecule has 1 aliphatic heterocycles. The molecule has 3 aromatic rings. The maximum atomic E-state index is 12.5. The van der Waals surface area contributed by atoms with E-state index in [4.69, 9.17) is 0 Å². The summed E-state index contributed by atoms with van der Waals surface area (Å²) < 4.78 is 0. The molecule has 0 bridgehead atoms. The number of carbonyl (C=O) groups excluding carboxylic acids is 2. The number of H-pyrrole nitrogens is 1. The second-order valence-electron chi connectivity index (χ2n) is 6.30. The maximum Gasteiger partial charge on any atom is 0.256 e. The Morgan fingerprint density at radius 2 is 1.69 bits per heavy atom. The second kappa shape index (κ2) is 6.48. The lowest BCUT2D eigenvalue weighted by atomic mass is 10.0. The van der Waals surface area contributed by atoms with Crippen LogP contribution in [0.15, 0.2) is 54.6 Å². The fourth-order valence-electron chi connectivity index (χ4n) is 3.09. The topological polar surface area (TPSA) is 78.1 Å². The molecule has 0 unspecified atom stereocenters. The van der Waals surface area contributed by atoms with Gasteiger partial charge in [0.25, 0.3) is 5.91 Å². The van der Waals surface area contributed by atoms with E-state index in [1.165, 1.54) is 6.92 Å². The van der Waals surface area contributed by atoms with Crippen LogP contribution >= 0.6 is 0 Å². The van der Waals surface area contributed by atoms with Gasteiger partial charge in [-0.1, -0.05) is 42.5 Å². The summed E-state index contributed by atoms with van der Waals surface area (Å²) in [4.78, 5) is 25.8. The Bertz CT molecular complexity index is 961. The van der Waals surface area contributed by atoms with Crippen molar-refractivity contribution in [3.8, 4) is 11.1 Å². The van der Waals surface area contributed by atoms with Crippen molar-refractivity contribution >= 4 is 17.6 Å². The Morgan fingerprint density at radius 3 is 2.38 bits per heavy atom. The fraction of sp³-hybridized carbons (Fsp3) is 0.150. The van der Waals surface area contributed by atoms with Gasteiger partial charge in [-0.15, -0.1) is 0 Å². The maximum absolute atomic E-state index is 12.5. The van der Waals surface area contributed by atoms with Crippen LogP contribution in [-0.2, 0) is 17.9 Å². The molecule has 2 heterocycles. The zero-order chi connectivity index (χ0) is 18.1. The monoisotopic (exact) mass is 346 g/mol. The summed E-state index contributed by atoms with van der Waals surface area (Å²) in [5.74, 6) is 0.268. The Balaban J connectivity index is 1.49. The summed E-state index contributed by atoms with van der Waals surface area (Å²) in [7, 11) is 0. The summed E-state index contributed by atoms with van der Waals surface area (Å²) in [6, 6.07) is 17.5. The van der Waals surface area contributed by atoms with E-state index in [9.17, 15) is 9.59 Å². The summed E-state index contributed by atoms with van der Waals surface area (Å²) in [5, 5.41) is 9.91. The molecule has 0 saturated carbocycles. The number of aromatic nitrogens is 2. The van der Waals surface area contributed by atoms with E-state index < -0.39 is 0 Å². The van der Waals surface area contributed by atoms with Crippen LogP contribution < -0.4 is 5.32 Å². The first-order valence-electron chi connectivity index (χ1n) is 8.40. The van der Waals surface area contributed by atoms with E-state index in [0.29, 0.717) is 24.5 Å². The zero-order valence-electron chi connectivity index (χ0n) is 14.3. The number of aromatic amines is 1. The molecule has 0 fully saturated rings. The van der Waals surface area contributed by atoms with Crippen LogP contribution in [-0.4, -0.2) is 26.9 Å². The van der Waals surface area contributed by atoms with Crippen molar-refractivity contribution in [2.75, 3.05) is 5.32 Å². The molecule has 6 heteroatoms. The molecule has 26 heavy (non-hydrogen) atoms. The lowest BCUT2D eigenvalue weighted by Gasteiger charge is -2.12. The van der Waals surface area contributed by atoms with Gasteiger partial charge in [0.2, 0.25) is 5.91 Å². The second-order valence-corrected chi connectivity index (χ2v) is 6.30. The number of hydrogen-bond acceptors (Lipinski definition) is 3. The molecular weight excluding hydrogens is 328 g/mol. The third kappa shape index (κ3) is 2.97. The first-order chi connectivity index (χ1) is 12.6. The largest absolute Gasteiger partial charge is 0.333 e. The molecule has 130 valence electrons. The lowest BCUT2D eigenvalue weighted by molar-refractivity contribution is -0.129.